The molecule has 0 aliphatic rings. The van der Waals surface area contributed by atoms with Gasteiger partial charge in [-0.25, -0.2) is 0 Å². The Balaban J connectivity index is 2.56. The van der Waals surface area contributed by atoms with Crippen molar-refractivity contribution in [3.63, 3.8) is 0 Å². The van der Waals surface area contributed by atoms with Crippen molar-refractivity contribution >= 4 is 17.5 Å². The quantitative estimate of drug-likeness (QED) is 0.814. The first-order valence-corrected chi connectivity index (χ1v) is 5.93. The van der Waals surface area contributed by atoms with Gasteiger partial charge in [0.15, 0.2) is 6.61 Å². The topological polar surface area (TPSA) is 64.3 Å². The van der Waals surface area contributed by atoms with Gasteiger partial charge >= 0.3 is 0 Å². The van der Waals surface area contributed by atoms with Gasteiger partial charge in [-0.1, -0.05) is 24.6 Å². The number of hydrogen-bond donors (Lipinski definition) is 2. The number of hydrogen-bond acceptors (Lipinski definition) is 3. The van der Waals surface area contributed by atoms with E-state index >= 15 is 0 Å². The number of rotatable bonds is 6. The van der Waals surface area contributed by atoms with Crippen LogP contribution in [0.1, 0.15) is 18.9 Å². The Hall–Kier alpha value is -1.26. The largest absolute Gasteiger partial charge is 0.483 e. The SMILES string of the molecule is CCCNC(=O)COc1cc(Cl)ccc1CN. The molecule has 0 spiro atoms. The van der Waals surface area contributed by atoms with Gasteiger partial charge in [-0.2, -0.15) is 0 Å². The Labute approximate surface area is 106 Å². The average molecular weight is 257 g/mol. The Kier molecular flexibility index (Phi) is 5.80. The van der Waals surface area contributed by atoms with Gasteiger partial charge < -0.3 is 15.8 Å². The van der Waals surface area contributed by atoms with Crippen molar-refractivity contribution in [3.05, 3.63) is 28.8 Å². The summed E-state index contributed by atoms with van der Waals surface area (Å²) in [6.07, 6.45) is 0.900. The number of carbonyl (C=O) groups excluding carboxylic acids is 1. The summed E-state index contributed by atoms with van der Waals surface area (Å²) in [5.74, 6) is 0.418. The standard InChI is InChI=1S/C12H17ClN2O2/c1-2-5-15-12(16)8-17-11-6-10(13)4-3-9(11)7-14/h3-4,6H,2,5,7-8,14H2,1H3,(H,15,16). The lowest BCUT2D eigenvalue weighted by Crippen LogP contribution is -2.29. The van der Waals surface area contributed by atoms with Crippen molar-refractivity contribution in [1.29, 1.82) is 0 Å². The van der Waals surface area contributed by atoms with Crippen LogP contribution in [0.5, 0.6) is 5.75 Å². The number of nitrogens with one attached hydrogen (secondary N) is 1. The molecule has 1 amide bonds. The van der Waals surface area contributed by atoms with E-state index in [-0.39, 0.29) is 12.5 Å². The molecule has 0 aromatic heterocycles. The van der Waals surface area contributed by atoms with Gasteiger partial charge in [-0.05, 0) is 18.6 Å². The molecule has 17 heavy (non-hydrogen) atoms. The van der Waals surface area contributed by atoms with Gasteiger partial charge in [0.05, 0.1) is 0 Å². The first kappa shape index (κ1) is 13.8. The zero-order valence-corrected chi connectivity index (χ0v) is 10.6. The molecule has 0 aliphatic heterocycles. The number of nitrogens with two attached hydrogens (primary N) is 1. The van der Waals surface area contributed by atoms with Crippen LogP contribution < -0.4 is 15.8 Å². The van der Waals surface area contributed by atoms with Gasteiger partial charge in [0.2, 0.25) is 0 Å². The van der Waals surface area contributed by atoms with E-state index in [1.54, 1.807) is 18.2 Å². The molecule has 1 aromatic rings. The van der Waals surface area contributed by atoms with Gasteiger partial charge in [0.25, 0.3) is 5.91 Å². The van der Waals surface area contributed by atoms with Crippen molar-refractivity contribution in [3.8, 4) is 5.75 Å². The Bertz CT molecular complexity index is 383. The van der Waals surface area contributed by atoms with E-state index in [4.69, 9.17) is 22.1 Å². The third-order valence-electron chi connectivity index (χ3n) is 2.18. The fourth-order valence-corrected chi connectivity index (χ4v) is 1.45. The highest BCUT2D eigenvalue weighted by Crippen LogP contribution is 2.22. The maximum atomic E-state index is 11.4. The molecule has 0 atom stereocenters. The first-order valence-electron chi connectivity index (χ1n) is 5.55. The summed E-state index contributed by atoms with van der Waals surface area (Å²) in [7, 11) is 0. The summed E-state index contributed by atoms with van der Waals surface area (Å²) in [5, 5.41) is 3.29. The van der Waals surface area contributed by atoms with E-state index in [2.05, 4.69) is 5.32 Å². The zero-order chi connectivity index (χ0) is 12.7. The van der Waals surface area contributed by atoms with Gasteiger partial charge in [-0.15, -0.1) is 0 Å². The number of carbonyl (C=O) groups is 1. The Morgan fingerprint density at radius 1 is 1.53 bits per heavy atom. The van der Waals surface area contributed by atoms with Gasteiger partial charge in [0, 0.05) is 23.7 Å². The molecule has 0 radical (unpaired) electrons. The minimum Gasteiger partial charge on any atom is -0.483 e. The molecule has 4 nitrogen and oxygen atoms in total. The van der Waals surface area contributed by atoms with E-state index in [1.165, 1.54) is 0 Å². The summed E-state index contributed by atoms with van der Waals surface area (Å²) in [6.45, 7) is 2.97. The highest BCUT2D eigenvalue weighted by Gasteiger charge is 2.06. The van der Waals surface area contributed by atoms with Crippen molar-refractivity contribution in [2.75, 3.05) is 13.2 Å². The molecular formula is C12H17ClN2O2. The van der Waals surface area contributed by atoms with Crippen molar-refractivity contribution in [1.82, 2.24) is 5.32 Å². The molecule has 94 valence electrons. The molecule has 5 heteroatoms. The summed E-state index contributed by atoms with van der Waals surface area (Å²) >= 11 is 5.85. The molecule has 0 saturated heterocycles. The molecule has 0 heterocycles. The van der Waals surface area contributed by atoms with Crippen LogP contribution in [0.3, 0.4) is 0 Å². The monoisotopic (exact) mass is 256 g/mol. The number of amides is 1. The van der Waals surface area contributed by atoms with Crippen LogP contribution >= 0.6 is 11.6 Å². The molecule has 3 N–H and O–H groups in total. The average Bonchev–Trinajstić information content (AvgIpc) is 2.34. The summed E-state index contributed by atoms with van der Waals surface area (Å²) in [5.41, 5.74) is 6.39. The van der Waals surface area contributed by atoms with Gasteiger partial charge in [-0.3, -0.25) is 4.79 Å². The summed E-state index contributed by atoms with van der Waals surface area (Å²) in [6, 6.07) is 5.20. The van der Waals surface area contributed by atoms with Crippen LogP contribution in [0.2, 0.25) is 5.02 Å². The predicted molar refractivity (Wildman–Crippen MR) is 68.1 cm³/mol. The molecule has 0 saturated carbocycles. The fraction of sp³-hybridized carbons (Fsp3) is 0.417. The van der Waals surface area contributed by atoms with Crippen LogP contribution in [0.25, 0.3) is 0 Å². The summed E-state index contributed by atoms with van der Waals surface area (Å²) in [4.78, 5) is 11.4. The molecule has 0 bridgehead atoms. The minimum absolute atomic E-state index is 0.0205. The highest BCUT2D eigenvalue weighted by molar-refractivity contribution is 6.30. The Morgan fingerprint density at radius 2 is 2.29 bits per heavy atom. The lowest BCUT2D eigenvalue weighted by molar-refractivity contribution is -0.123. The van der Waals surface area contributed by atoms with Crippen LogP contribution in [-0.4, -0.2) is 19.1 Å². The smallest absolute Gasteiger partial charge is 0.257 e. The molecular weight excluding hydrogens is 240 g/mol. The number of halogens is 1. The second-order valence-electron chi connectivity index (χ2n) is 3.59. The first-order chi connectivity index (χ1) is 8.17. The highest BCUT2D eigenvalue weighted by atomic mass is 35.5. The third kappa shape index (κ3) is 4.63. The van der Waals surface area contributed by atoms with E-state index in [0.717, 1.165) is 12.0 Å². The molecule has 1 rings (SSSR count). The molecule has 0 aliphatic carbocycles. The molecule has 1 aromatic carbocycles. The van der Waals surface area contributed by atoms with E-state index < -0.39 is 0 Å². The number of ether oxygens (including phenoxy) is 1. The predicted octanol–water partition coefficient (Wildman–Crippen LogP) is 1.70. The van der Waals surface area contributed by atoms with E-state index in [0.29, 0.717) is 23.9 Å². The lowest BCUT2D eigenvalue weighted by Gasteiger charge is -2.10. The normalized spacial score (nSPS) is 10.1. The van der Waals surface area contributed by atoms with E-state index in [1.807, 2.05) is 6.92 Å². The molecule has 0 fully saturated rings. The van der Waals surface area contributed by atoms with Gasteiger partial charge in [0.1, 0.15) is 5.75 Å². The van der Waals surface area contributed by atoms with Crippen molar-refractivity contribution in [2.45, 2.75) is 19.9 Å². The van der Waals surface area contributed by atoms with Crippen LogP contribution in [0, 0.1) is 0 Å². The van der Waals surface area contributed by atoms with E-state index in [9.17, 15) is 4.79 Å². The minimum atomic E-state index is -0.144. The van der Waals surface area contributed by atoms with Crippen LogP contribution in [-0.2, 0) is 11.3 Å². The summed E-state index contributed by atoms with van der Waals surface area (Å²) < 4.78 is 5.39. The van der Waals surface area contributed by atoms with Crippen molar-refractivity contribution < 1.29 is 9.53 Å². The zero-order valence-electron chi connectivity index (χ0n) is 9.83. The maximum absolute atomic E-state index is 11.4. The number of benzene rings is 1. The molecule has 0 unspecified atom stereocenters. The van der Waals surface area contributed by atoms with Crippen LogP contribution in [0.4, 0.5) is 0 Å². The third-order valence-corrected chi connectivity index (χ3v) is 2.42. The second-order valence-corrected chi connectivity index (χ2v) is 4.03. The second kappa shape index (κ2) is 7.14. The Morgan fingerprint density at radius 3 is 2.94 bits per heavy atom. The van der Waals surface area contributed by atoms with Crippen molar-refractivity contribution in [2.24, 2.45) is 5.73 Å². The van der Waals surface area contributed by atoms with Crippen LogP contribution in [0.15, 0.2) is 18.2 Å². The lowest BCUT2D eigenvalue weighted by atomic mass is 10.2. The fourth-order valence-electron chi connectivity index (χ4n) is 1.29. The maximum Gasteiger partial charge on any atom is 0.257 e.